The second-order valence-electron chi connectivity index (χ2n) is 8.89. The molecule has 2 N–H and O–H groups in total. The molecule has 2 fully saturated rings. The van der Waals surface area contributed by atoms with Crippen LogP contribution in [0.25, 0.3) is 0 Å². The number of hydrogen-bond donors (Lipinski definition) is 2. The summed E-state index contributed by atoms with van der Waals surface area (Å²) in [5.41, 5.74) is 0.630. The number of carbonyl (C=O) groups is 1. The third kappa shape index (κ3) is 3.35. The Labute approximate surface area is 196 Å². The molecule has 3 aliphatic heterocycles. The third-order valence-electron chi connectivity index (χ3n) is 7.26. The van der Waals surface area contributed by atoms with Gasteiger partial charge in [-0.2, -0.15) is 0 Å². The molecule has 32 heavy (non-hydrogen) atoms. The predicted molar refractivity (Wildman–Crippen MR) is 122 cm³/mol. The Hall–Kier alpha value is -1.70. The number of hydrogen-bond acceptors (Lipinski definition) is 4. The van der Waals surface area contributed by atoms with Crippen molar-refractivity contribution in [1.82, 2.24) is 4.90 Å². The first-order valence-corrected chi connectivity index (χ1v) is 11.7. The maximum absolute atomic E-state index is 15.3. The Bertz CT molecular complexity index is 1050. The van der Waals surface area contributed by atoms with E-state index in [1.165, 1.54) is 6.07 Å². The van der Waals surface area contributed by atoms with Crippen LogP contribution in [0.3, 0.4) is 0 Å². The first-order chi connectivity index (χ1) is 15.5. The number of aliphatic hydroxyl groups is 1. The molecule has 3 heterocycles. The molecule has 0 aliphatic carbocycles. The first-order valence-electron chi connectivity index (χ1n) is 11.0. The number of fused-ring (bicyclic) bond motifs is 2. The molecule has 2 aromatic rings. The highest BCUT2D eigenvalue weighted by Crippen LogP contribution is 2.58. The maximum Gasteiger partial charge on any atom is 0.250 e. The maximum atomic E-state index is 15.3. The second-order valence-corrected chi connectivity index (χ2v) is 9.73. The van der Waals surface area contributed by atoms with Gasteiger partial charge in [-0.3, -0.25) is 9.69 Å². The zero-order chi connectivity index (χ0) is 22.5. The lowest BCUT2D eigenvalue weighted by atomic mass is 9.75. The van der Waals surface area contributed by atoms with Crippen molar-refractivity contribution in [2.45, 2.75) is 36.8 Å². The summed E-state index contributed by atoms with van der Waals surface area (Å²) >= 11 is 12.4. The molecule has 0 unspecified atom stereocenters. The van der Waals surface area contributed by atoms with Gasteiger partial charge in [0, 0.05) is 48.0 Å². The molecule has 8 heteroatoms. The Morgan fingerprint density at radius 2 is 2.00 bits per heavy atom. The number of nitrogens with one attached hydrogen (secondary N) is 1. The highest BCUT2D eigenvalue weighted by Gasteiger charge is 2.63. The number of halogens is 3. The van der Waals surface area contributed by atoms with Crippen LogP contribution >= 0.6 is 23.2 Å². The number of carbonyl (C=O) groups excluding carboxylic acids is 1. The van der Waals surface area contributed by atoms with Gasteiger partial charge in [-0.1, -0.05) is 41.4 Å². The highest BCUT2D eigenvalue weighted by molar-refractivity contribution is 6.31. The van der Waals surface area contributed by atoms with Crippen LogP contribution in [0.1, 0.15) is 36.3 Å². The zero-order valence-electron chi connectivity index (χ0n) is 17.5. The van der Waals surface area contributed by atoms with Gasteiger partial charge >= 0.3 is 0 Å². The fourth-order valence-corrected chi connectivity index (χ4v) is 6.15. The summed E-state index contributed by atoms with van der Waals surface area (Å²) in [5.74, 6) is -0.928. The molecule has 170 valence electrons. The average Bonchev–Trinajstić information content (AvgIpc) is 3.26. The van der Waals surface area contributed by atoms with Gasteiger partial charge in [-0.05, 0) is 48.9 Å². The molecule has 2 saturated heterocycles. The molecule has 3 atom stereocenters. The molecule has 0 saturated carbocycles. The Morgan fingerprint density at radius 3 is 2.75 bits per heavy atom. The summed E-state index contributed by atoms with van der Waals surface area (Å²) in [6.07, 6.45) is 2.21. The van der Waals surface area contributed by atoms with Gasteiger partial charge in [0.05, 0.1) is 11.6 Å². The number of ether oxygens (including phenoxy) is 1. The van der Waals surface area contributed by atoms with Crippen molar-refractivity contribution in [2.24, 2.45) is 5.92 Å². The van der Waals surface area contributed by atoms with Crippen molar-refractivity contribution in [3.05, 3.63) is 63.4 Å². The molecule has 3 aliphatic rings. The lowest BCUT2D eigenvalue weighted by molar-refractivity contribution is -0.129. The molecule has 0 radical (unpaired) electrons. The van der Waals surface area contributed by atoms with Crippen molar-refractivity contribution < 1.29 is 19.0 Å². The van der Waals surface area contributed by atoms with Crippen molar-refractivity contribution in [2.75, 3.05) is 31.7 Å². The fourth-order valence-electron chi connectivity index (χ4n) is 5.80. The highest BCUT2D eigenvalue weighted by atomic mass is 35.5. The average molecular weight is 479 g/mol. The van der Waals surface area contributed by atoms with Crippen LogP contribution in [-0.4, -0.2) is 48.3 Å². The number of rotatable bonds is 4. The van der Waals surface area contributed by atoms with Crippen LogP contribution in [0.5, 0.6) is 0 Å². The monoisotopic (exact) mass is 478 g/mol. The Balaban J connectivity index is 1.69. The normalized spacial score (nSPS) is 28.3. The second kappa shape index (κ2) is 8.58. The number of nitrogens with zero attached hydrogens (tertiary/aromatic N) is 1. The summed E-state index contributed by atoms with van der Waals surface area (Å²) in [4.78, 5) is 15.9. The van der Waals surface area contributed by atoms with E-state index in [9.17, 15) is 9.90 Å². The predicted octanol–water partition coefficient (Wildman–Crippen LogP) is 4.56. The van der Waals surface area contributed by atoms with Crippen LogP contribution in [0.2, 0.25) is 10.0 Å². The van der Waals surface area contributed by atoms with Gasteiger partial charge in [0.1, 0.15) is 11.4 Å². The molecule has 5 rings (SSSR count). The molecule has 1 amide bonds. The largest absolute Gasteiger partial charge is 0.395 e. The van der Waals surface area contributed by atoms with Crippen LogP contribution in [0.15, 0.2) is 36.4 Å². The van der Waals surface area contributed by atoms with E-state index in [0.717, 1.165) is 18.4 Å². The van der Waals surface area contributed by atoms with E-state index in [2.05, 4.69) is 10.2 Å². The number of likely N-dealkylation sites (tertiary alicyclic amines) is 1. The van der Waals surface area contributed by atoms with E-state index in [4.69, 9.17) is 27.9 Å². The summed E-state index contributed by atoms with van der Waals surface area (Å²) in [6.45, 7) is 1.85. The smallest absolute Gasteiger partial charge is 0.250 e. The lowest BCUT2D eigenvalue weighted by Gasteiger charge is -2.42. The van der Waals surface area contributed by atoms with Crippen LogP contribution < -0.4 is 5.32 Å². The van der Waals surface area contributed by atoms with E-state index in [1.807, 2.05) is 6.07 Å². The number of amides is 1. The number of benzene rings is 2. The van der Waals surface area contributed by atoms with E-state index < -0.39 is 17.3 Å². The van der Waals surface area contributed by atoms with Crippen LogP contribution in [-0.2, 0) is 15.1 Å². The van der Waals surface area contributed by atoms with Gasteiger partial charge in [0.2, 0.25) is 5.91 Å². The quantitative estimate of drug-likeness (QED) is 0.676. The van der Waals surface area contributed by atoms with Crippen molar-refractivity contribution >= 4 is 34.8 Å². The molecule has 0 bridgehead atoms. The molecule has 2 aromatic carbocycles. The molecular formula is C24H25Cl2FN2O3. The first kappa shape index (κ1) is 22.1. The van der Waals surface area contributed by atoms with E-state index in [0.29, 0.717) is 48.4 Å². The SMILES string of the molecule is O=C1Nc2cc(Cl)ccc2[C@@]12[C@@H](c1cccc(Cl)c1F)C[C@H](CO)N2CC1CCOCC1. The number of anilines is 1. The molecular weight excluding hydrogens is 454 g/mol. The summed E-state index contributed by atoms with van der Waals surface area (Å²) in [5, 5.41) is 13.9. The van der Waals surface area contributed by atoms with E-state index >= 15 is 4.39 Å². The van der Waals surface area contributed by atoms with Crippen molar-refractivity contribution in [3.63, 3.8) is 0 Å². The van der Waals surface area contributed by atoms with Gasteiger partial charge in [-0.15, -0.1) is 0 Å². The number of aliphatic hydroxyl groups excluding tert-OH is 1. The summed E-state index contributed by atoms with van der Waals surface area (Å²) in [6, 6.07) is 9.95. The fraction of sp³-hybridized carbons (Fsp3) is 0.458. The molecule has 5 nitrogen and oxygen atoms in total. The van der Waals surface area contributed by atoms with Crippen molar-refractivity contribution in [1.29, 1.82) is 0 Å². The Morgan fingerprint density at radius 1 is 1.22 bits per heavy atom. The summed E-state index contributed by atoms with van der Waals surface area (Å²) in [7, 11) is 0. The lowest BCUT2D eigenvalue weighted by Crippen LogP contribution is -2.54. The Kier molecular flexibility index (Phi) is 5.93. The minimum atomic E-state index is -1.16. The molecule has 0 aromatic heterocycles. The zero-order valence-corrected chi connectivity index (χ0v) is 19.0. The molecule has 1 spiro atoms. The third-order valence-corrected chi connectivity index (χ3v) is 7.78. The topological polar surface area (TPSA) is 61.8 Å². The van der Waals surface area contributed by atoms with E-state index in [-0.39, 0.29) is 23.6 Å². The van der Waals surface area contributed by atoms with Gasteiger partial charge in [-0.25, -0.2) is 4.39 Å². The standard InChI is InChI=1S/C24H25Cl2FN2O3/c25-15-4-5-18-21(10-15)28-23(31)24(18)19(17-2-1-3-20(26)22(17)27)11-16(13-30)29(24)12-14-6-8-32-9-7-14/h1-5,10,14,16,19,30H,6-9,11-13H2,(H,28,31)/t16-,19-,24-/m1/s1. The van der Waals surface area contributed by atoms with Crippen LogP contribution in [0.4, 0.5) is 10.1 Å². The van der Waals surface area contributed by atoms with Crippen LogP contribution in [0, 0.1) is 11.7 Å². The van der Waals surface area contributed by atoms with Gasteiger partial charge < -0.3 is 15.2 Å². The van der Waals surface area contributed by atoms with Gasteiger partial charge in [0.25, 0.3) is 0 Å². The minimum absolute atomic E-state index is 0.0239. The van der Waals surface area contributed by atoms with Gasteiger partial charge in [0.15, 0.2) is 0 Å². The van der Waals surface area contributed by atoms with Crippen molar-refractivity contribution in [3.8, 4) is 0 Å². The van der Waals surface area contributed by atoms with E-state index in [1.54, 1.807) is 24.3 Å². The summed E-state index contributed by atoms with van der Waals surface area (Å²) < 4.78 is 20.8. The minimum Gasteiger partial charge on any atom is -0.395 e.